The summed E-state index contributed by atoms with van der Waals surface area (Å²) in [6.45, 7) is 7.13. The molecule has 56 heavy (non-hydrogen) atoms. The number of fused-ring (bicyclic) bond motifs is 13. The number of furan rings is 1. The average Bonchev–Trinajstić information content (AvgIpc) is 3.87. The van der Waals surface area contributed by atoms with Crippen molar-refractivity contribution in [3.63, 3.8) is 0 Å². The molecule has 0 N–H and O–H groups in total. The van der Waals surface area contributed by atoms with Gasteiger partial charge in [0.1, 0.15) is 11.3 Å². The fourth-order valence-corrected chi connectivity index (χ4v) is 10.7. The maximum absolute atomic E-state index is 7.05. The maximum Gasteiger partial charge on any atom is 0.143 e. The van der Waals surface area contributed by atoms with Gasteiger partial charge in [-0.1, -0.05) is 153 Å². The Bertz CT molecular complexity index is 3200. The van der Waals surface area contributed by atoms with Gasteiger partial charge < -0.3 is 8.98 Å². The van der Waals surface area contributed by atoms with E-state index in [9.17, 15) is 0 Å². The quantitative estimate of drug-likeness (QED) is 0.178. The third kappa shape index (κ3) is 4.06. The maximum atomic E-state index is 7.05. The van der Waals surface area contributed by atoms with Crippen molar-refractivity contribution in [2.45, 2.75) is 38.0 Å². The summed E-state index contributed by atoms with van der Waals surface area (Å²) in [4.78, 5) is 0. The number of para-hydroxylation sites is 1. The molecule has 0 bridgehead atoms. The summed E-state index contributed by atoms with van der Waals surface area (Å²) in [5, 5.41) is 3.76. The molecule has 7 aromatic carbocycles. The van der Waals surface area contributed by atoms with Gasteiger partial charge >= 0.3 is 0 Å². The highest BCUT2D eigenvalue weighted by atomic mass is 16.3. The van der Waals surface area contributed by atoms with Crippen LogP contribution in [-0.4, -0.2) is 4.57 Å². The first-order valence-electron chi connectivity index (χ1n) is 19.8. The summed E-state index contributed by atoms with van der Waals surface area (Å²) in [7, 11) is 0. The lowest BCUT2D eigenvalue weighted by Crippen LogP contribution is -2.23. The Morgan fingerprint density at radius 1 is 0.500 bits per heavy atom. The van der Waals surface area contributed by atoms with Crippen molar-refractivity contribution in [2.24, 2.45) is 0 Å². The van der Waals surface area contributed by atoms with Crippen molar-refractivity contribution in [1.82, 2.24) is 4.57 Å². The van der Waals surface area contributed by atoms with Gasteiger partial charge in [-0.15, -0.1) is 0 Å². The summed E-state index contributed by atoms with van der Waals surface area (Å²) >= 11 is 0. The van der Waals surface area contributed by atoms with Gasteiger partial charge in [0.05, 0.1) is 11.0 Å². The van der Waals surface area contributed by atoms with Crippen LogP contribution in [0.3, 0.4) is 0 Å². The zero-order valence-corrected chi connectivity index (χ0v) is 31.7. The first-order chi connectivity index (χ1) is 27.4. The molecule has 9 aromatic rings. The minimum absolute atomic E-state index is 0.0755. The van der Waals surface area contributed by atoms with Crippen molar-refractivity contribution in [1.29, 1.82) is 0 Å². The van der Waals surface area contributed by atoms with Crippen LogP contribution in [-0.2, 0) is 17.3 Å². The Morgan fingerprint density at radius 3 is 2.00 bits per heavy atom. The normalized spacial score (nSPS) is 17.4. The average molecular weight is 718 g/mol. The largest absolute Gasteiger partial charge is 0.456 e. The van der Waals surface area contributed by atoms with Crippen LogP contribution in [0.5, 0.6) is 0 Å². The van der Waals surface area contributed by atoms with Crippen LogP contribution in [0.15, 0.2) is 168 Å². The SMILES string of the molecule is CC1(C)c2ccccc2-c2cc3c4ccccc4n(C4=CCc5c(oc6c7c(ccc56)C(C)(c5ccccc5-c5ccccc5)c5ccccc5-7)C=C4)c3cc21. The molecule has 1 unspecified atom stereocenters. The summed E-state index contributed by atoms with van der Waals surface area (Å²) in [6.07, 6.45) is 7.65. The van der Waals surface area contributed by atoms with Gasteiger partial charge in [0.25, 0.3) is 0 Å². The van der Waals surface area contributed by atoms with Crippen LogP contribution in [0.2, 0.25) is 0 Å². The summed E-state index contributed by atoms with van der Waals surface area (Å²) < 4.78 is 9.52. The first-order valence-corrected chi connectivity index (χ1v) is 19.8. The van der Waals surface area contributed by atoms with Gasteiger partial charge in [0.15, 0.2) is 0 Å². The van der Waals surface area contributed by atoms with E-state index in [2.05, 4.69) is 195 Å². The zero-order valence-electron chi connectivity index (χ0n) is 31.7. The van der Waals surface area contributed by atoms with Crippen LogP contribution in [0.25, 0.3) is 77.9 Å². The van der Waals surface area contributed by atoms with Crippen molar-refractivity contribution in [3.8, 4) is 33.4 Å². The Hall–Kier alpha value is -6.64. The molecule has 0 radical (unpaired) electrons. The molecular formula is C54H39NO. The van der Waals surface area contributed by atoms with E-state index >= 15 is 0 Å². The fourth-order valence-electron chi connectivity index (χ4n) is 10.7. The third-order valence-electron chi connectivity index (χ3n) is 13.4. The smallest absolute Gasteiger partial charge is 0.143 e. The highest BCUT2D eigenvalue weighted by Crippen LogP contribution is 2.57. The molecule has 2 aromatic heterocycles. The molecule has 0 amide bonds. The minimum atomic E-state index is -0.355. The zero-order chi connectivity index (χ0) is 37.3. The summed E-state index contributed by atoms with van der Waals surface area (Å²) in [5.74, 6) is 0.939. The van der Waals surface area contributed by atoms with E-state index in [1.165, 1.54) is 99.7 Å². The molecule has 0 spiro atoms. The van der Waals surface area contributed by atoms with Crippen molar-refractivity contribution >= 4 is 44.5 Å². The molecule has 266 valence electrons. The van der Waals surface area contributed by atoms with Gasteiger partial charge in [0.2, 0.25) is 0 Å². The highest BCUT2D eigenvalue weighted by molar-refractivity contribution is 6.13. The van der Waals surface area contributed by atoms with E-state index in [0.717, 1.165) is 17.8 Å². The van der Waals surface area contributed by atoms with Gasteiger partial charge in [-0.05, 0) is 99.3 Å². The molecule has 3 aliphatic rings. The number of hydrogen-bond donors (Lipinski definition) is 0. The third-order valence-corrected chi connectivity index (χ3v) is 13.4. The number of aromatic nitrogens is 1. The standard InChI is InChI=1S/C54H39NO/c1-53(2)43-21-11-8-18-36(43)41-31-42-37-19-10-14-24-48(37)55(49(42)32-47(41)53)34-25-27-38-39-28-29-46-51(52(39)56-50(38)30-26-34)40-20-9-13-23-45(40)54(46,3)44-22-12-7-17-35(44)33-15-5-4-6-16-33/h4-26,28-32H,27H2,1-3H3. The fraction of sp³-hybridized carbons (Fsp3) is 0.111. The number of allylic oxidation sites excluding steroid dienone is 3. The van der Waals surface area contributed by atoms with E-state index in [0.29, 0.717) is 0 Å². The van der Waals surface area contributed by atoms with Gasteiger partial charge in [-0.3, -0.25) is 0 Å². The van der Waals surface area contributed by atoms with Gasteiger partial charge in [-0.2, -0.15) is 0 Å². The summed E-state index contributed by atoms with van der Waals surface area (Å²) in [5.41, 5.74) is 19.8. The number of nitrogens with zero attached hydrogens (tertiary/aromatic N) is 1. The molecule has 2 heteroatoms. The van der Waals surface area contributed by atoms with E-state index in [1.54, 1.807) is 0 Å². The van der Waals surface area contributed by atoms with Crippen molar-refractivity contribution in [2.75, 3.05) is 0 Å². The topological polar surface area (TPSA) is 18.1 Å². The number of rotatable bonds is 3. The van der Waals surface area contributed by atoms with Crippen LogP contribution in [0.1, 0.15) is 59.9 Å². The van der Waals surface area contributed by atoms with Gasteiger partial charge in [-0.25, -0.2) is 0 Å². The molecular weight excluding hydrogens is 679 g/mol. The van der Waals surface area contributed by atoms with Crippen LogP contribution in [0.4, 0.5) is 0 Å². The predicted octanol–water partition coefficient (Wildman–Crippen LogP) is 14.0. The molecule has 0 aliphatic heterocycles. The minimum Gasteiger partial charge on any atom is -0.456 e. The molecule has 3 aliphatic carbocycles. The molecule has 0 fully saturated rings. The lowest BCUT2D eigenvalue weighted by Gasteiger charge is -2.30. The highest BCUT2D eigenvalue weighted by Gasteiger charge is 2.44. The second-order valence-corrected chi connectivity index (χ2v) is 16.5. The van der Waals surface area contributed by atoms with E-state index < -0.39 is 0 Å². The second kappa shape index (κ2) is 11.2. The lowest BCUT2D eigenvalue weighted by atomic mass is 9.71. The molecule has 0 saturated heterocycles. The molecule has 2 nitrogen and oxygen atoms in total. The molecule has 12 rings (SSSR count). The Balaban J connectivity index is 1.01. The van der Waals surface area contributed by atoms with Crippen LogP contribution in [0, 0.1) is 0 Å². The van der Waals surface area contributed by atoms with E-state index in [-0.39, 0.29) is 10.8 Å². The Kier molecular flexibility index (Phi) is 6.34. The Labute approximate surface area is 326 Å². The predicted molar refractivity (Wildman–Crippen MR) is 233 cm³/mol. The number of benzene rings is 7. The van der Waals surface area contributed by atoms with Gasteiger partial charge in [0, 0.05) is 43.8 Å². The lowest BCUT2D eigenvalue weighted by molar-refractivity contribution is 0.600. The second-order valence-electron chi connectivity index (χ2n) is 16.5. The number of hydrogen-bond acceptors (Lipinski definition) is 1. The molecule has 0 saturated carbocycles. The first kappa shape index (κ1) is 31.7. The molecule has 1 atom stereocenters. The van der Waals surface area contributed by atoms with E-state index in [1.807, 2.05) is 0 Å². The Morgan fingerprint density at radius 2 is 1.18 bits per heavy atom. The van der Waals surface area contributed by atoms with Crippen LogP contribution >= 0.6 is 0 Å². The van der Waals surface area contributed by atoms with E-state index in [4.69, 9.17) is 4.42 Å². The summed E-state index contributed by atoms with van der Waals surface area (Å²) in [6, 6.07) is 56.0. The monoisotopic (exact) mass is 717 g/mol. The van der Waals surface area contributed by atoms with Crippen molar-refractivity contribution in [3.05, 3.63) is 203 Å². The van der Waals surface area contributed by atoms with Crippen molar-refractivity contribution < 1.29 is 4.42 Å². The van der Waals surface area contributed by atoms with Crippen LogP contribution < -0.4 is 0 Å². The molecule has 2 heterocycles.